The van der Waals surface area contributed by atoms with E-state index >= 15 is 0 Å². The van der Waals surface area contributed by atoms with Gasteiger partial charge < -0.3 is 14.2 Å². The first kappa shape index (κ1) is 24.3. The Hall–Kier alpha value is -4.79. The minimum absolute atomic E-state index is 0.250. The first-order valence-corrected chi connectivity index (χ1v) is 11.1. The standard InChI is InChI=1S/C27H26N4O5/c1-17(28-29-26(32)19-15-21(34-2)25(36-4)22(16-19)35-3)23-24(18-11-7-5-8-12-18)30-31(27(23)33)20-13-9-6-10-14-20/h5-16,30H,1-4H3,(H,29,32). The molecule has 4 aromatic rings. The molecular formula is C27H26N4O5. The Morgan fingerprint density at radius 3 is 2.03 bits per heavy atom. The molecule has 184 valence electrons. The van der Waals surface area contributed by atoms with Gasteiger partial charge in [-0.2, -0.15) is 5.10 Å². The lowest BCUT2D eigenvalue weighted by molar-refractivity contribution is 0.0954. The first-order valence-electron chi connectivity index (χ1n) is 11.1. The molecule has 1 amide bonds. The van der Waals surface area contributed by atoms with Gasteiger partial charge in [0.2, 0.25) is 5.75 Å². The number of carbonyl (C=O) groups excluding carboxylic acids is 1. The highest BCUT2D eigenvalue weighted by molar-refractivity contribution is 6.04. The summed E-state index contributed by atoms with van der Waals surface area (Å²) in [4.78, 5) is 26.4. The van der Waals surface area contributed by atoms with Gasteiger partial charge in [-0.15, -0.1) is 0 Å². The average Bonchev–Trinajstić information content (AvgIpc) is 3.28. The molecule has 0 radical (unpaired) electrons. The second kappa shape index (κ2) is 10.6. The van der Waals surface area contributed by atoms with E-state index in [-0.39, 0.29) is 11.1 Å². The van der Waals surface area contributed by atoms with Gasteiger partial charge in [0.1, 0.15) is 0 Å². The molecule has 0 bridgehead atoms. The Morgan fingerprint density at radius 1 is 0.889 bits per heavy atom. The fourth-order valence-corrected chi connectivity index (χ4v) is 3.81. The number of ether oxygens (including phenoxy) is 3. The first-order chi connectivity index (χ1) is 17.5. The third kappa shape index (κ3) is 4.72. The predicted octanol–water partition coefficient (Wildman–Crippen LogP) is 4.01. The summed E-state index contributed by atoms with van der Waals surface area (Å²) >= 11 is 0. The van der Waals surface area contributed by atoms with E-state index in [1.165, 1.54) is 38.1 Å². The van der Waals surface area contributed by atoms with Crippen molar-refractivity contribution >= 4 is 11.6 Å². The molecule has 9 heteroatoms. The molecule has 0 atom stereocenters. The van der Waals surface area contributed by atoms with Crippen molar-refractivity contribution < 1.29 is 19.0 Å². The maximum Gasteiger partial charge on any atom is 0.281 e. The lowest BCUT2D eigenvalue weighted by Gasteiger charge is -2.13. The number of carbonyl (C=O) groups is 1. The van der Waals surface area contributed by atoms with Gasteiger partial charge in [0.25, 0.3) is 11.5 Å². The summed E-state index contributed by atoms with van der Waals surface area (Å²) in [5.74, 6) is 0.544. The van der Waals surface area contributed by atoms with E-state index < -0.39 is 5.91 Å². The van der Waals surface area contributed by atoms with Gasteiger partial charge in [-0.3, -0.25) is 14.7 Å². The number of benzene rings is 3. The summed E-state index contributed by atoms with van der Waals surface area (Å²) in [5, 5.41) is 7.44. The second-order valence-corrected chi connectivity index (χ2v) is 7.76. The third-order valence-corrected chi connectivity index (χ3v) is 5.58. The number of methoxy groups -OCH3 is 3. The molecule has 1 aromatic heterocycles. The number of amides is 1. The second-order valence-electron chi connectivity index (χ2n) is 7.76. The van der Waals surface area contributed by atoms with Gasteiger partial charge >= 0.3 is 0 Å². The summed E-state index contributed by atoms with van der Waals surface area (Å²) in [6, 6.07) is 21.7. The Labute approximate surface area is 207 Å². The van der Waals surface area contributed by atoms with E-state index in [2.05, 4.69) is 15.6 Å². The number of hydrogen-bond donors (Lipinski definition) is 2. The van der Waals surface area contributed by atoms with Crippen LogP contribution in [-0.2, 0) is 0 Å². The van der Waals surface area contributed by atoms with Crippen LogP contribution in [0, 0.1) is 0 Å². The quantitative estimate of drug-likeness (QED) is 0.289. The van der Waals surface area contributed by atoms with Crippen molar-refractivity contribution in [3.05, 3.63) is 94.3 Å². The van der Waals surface area contributed by atoms with Gasteiger partial charge in [-0.25, -0.2) is 10.1 Å². The topological polar surface area (TPSA) is 107 Å². The summed E-state index contributed by atoms with van der Waals surface area (Å²) in [6.07, 6.45) is 0. The molecule has 0 fully saturated rings. The van der Waals surface area contributed by atoms with Gasteiger partial charge in [-0.05, 0) is 31.2 Å². The van der Waals surface area contributed by atoms with Crippen molar-refractivity contribution in [2.24, 2.45) is 5.10 Å². The van der Waals surface area contributed by atoms with E-state index in [0.29, 0.717) is 39.9 Å². The van der Waals surface area contributed by atoms with Crippen LogP contribution >= 0.6 is 0 Å². The lowest BCUT2D eigenvalue weighted by atomic mass is 10.1. The van der Waals surface area contributed by atoms with E-state index in [4.69, 9.17) is 14.2 Å². The Bertz CT molecular complexity index is 1430. The number of aromatic amines is 1. The largest absolute Gasteiger partial charge is 0.493 e. The Morgan fingerprint density at radius 2 is 1.47 bits per heavy atom. The molecule has 0 spiro atoms. The number of rotatable bonds is 8. The molecule has 0 unspecified atom stereocenters. The van der Waals surface area contributed by atoms with Crippen LogP contribution in [0.4, 0.5) is 0 Å². The number of hydrogen-bond acceptors (Lipinski definition) is 6. The highest BCUT2D eigenvalue weighted by atomic mass is 16.5. The molecule has 3 aromatic carbocycles. The minimum Gasteiger partial charge on any atom is -0.493 e. The monoisotopic (exact) mass is 486 g/mol. The zero-order chi connectivity index (χ0) is 25.7. The summed E-state index contributed by atoms with van der Waals surface area (Å²) in [7, 11) is 4.42. The smallest absolute Gasteiger partial charge is 0.281 e. The van der Waals surface area contributed by atoms with E-state index in [0.717, 1.165) is 5.56 Å². The maximum atomic E-state index is 13.4. The van der Waals surface area contributed by atoms with Crippen molar-refractivity contribution in [2.45, 2.75) is 6.92 Å². The third-order valence-electron chi connectivity index (χ3n) is 5.58. The number of nitrogens with zero attached hydrogens (tertiary/aromatic N) is 2. The van der Waals surface area contributed by atoms with Crippen molar-refractivity contribution in [2.75, 3.05) is 21.3 Å². The number of nitrogens with one attached hydrogen (secondary N) is 2. The fourth-order valence-electron chi connectivity index (χ4n) is 3.81. The van der Waals surface area contributed by atoms with Crippen LogP contribution in [0.1, 0.15) is 22.8 Å². The molecule has 0 aliphatic carbocycles. The zero-order valence-corrected chi connectivity index (χ0v) is 20.4. The van der Waals surface area contributed by atoms with Gasteiger partial charge in [0, 0.05) is 11.1 Å². The van der Waals surface area contributed by atoms with E-state index in [9.17, 15) is 9.59 Å². The SMILES string of the molecule is COc1cc(C(=O)NN=C(C)c2c(-c3ccccc3)[nH]n(-c3ccccc3)c2=O)cc(OC)c1OC. The maximum absolute atomic E-state index is 13.4. The number of para-hydroxylation sites is 1. The van der Waals surface area contributed by atoms with Gasteiger partial charge in [0.15, 0.2) is 11.5 Å². The van der Waals surface area contributed by atoms with Crippen LogP contribution in [0.2, 0.25) is 0 Å². The molecule has 0 aliphatic rings. The zero-order valence-electron chi connectivity index (χ0n) is 20.4. The number of aromatic nitrogens is 2. The molecule has 0 aliphatic heterocycles. The van der Waals surface area contributed by atoms with Crippen molar-refractivity contribution in [3.8, 4) is 34.2 Å². The van der Waals surface area contributed by atoms with Crippen molar-refractivity contribution in [1.82, 2.24) is 15.2 Å². The van der Waals surface area contributed by atoms with Crippen LogP contribution in [0.5, 0.6) is 17.2 Å². The highest BCUT2D eigenvalue weighted by Gasteiger charge is 2.20. The van der Waals surface area contributed by atoms with Crippen LogP contribution in [0.25, 0.3) is 16.9 Å². The van der Waals surface area contributed by atoms with Crippen LogP contribution in [-0.4, -0.2) is 42.7 Å². The summed E-state index contributed by atoms with van der Waals surface area (Å²) in [6.45, 7) is 1.67. The normalized spacial score (nSPS) is 11.2. The highest BCUT2D eigenvalue weighted by Crippen LogP contribution is 2.38. The predicted molar refractivity (Wildman–Crippen MR) is 138 cm³/mol. The van der Waals surface area contributed by atoms with Crippen LogP contribution < -0.4 is 25.2 Å². The Balaban J connectivity index is 1.73. The molecule has 9 nitrogen and oxygen atoms in total. The molecule has 4 rings (SSSR count). The molecule has 2 N–H and O–H groups in total. The number of H-pyrrole nitrogens is 1. The molecular weight excluding hydrogens is 460 g/mol. The number of hydrazone groups is 1. The average molecular weight is 487 g/mol. The van der Waals surface area contributed by atoms with E-state index in [1.807, 2.05) is 60.7 Å². The lowest BCUT2D eigenvalue weighted by Crippen LogP contribution is -2.23. The van der Waals surface area contributed by atoms with Gasteiger partial charge in [-0.1, -0.05) is 48.5 Å². The Kier molecular flexibility index (Phi) is 7.20. The van der Waals surface area contributed by atoms with Gasteiger partial charge in [0.05, 0.1) is 44.0 Å². The van der Waals surface area contributed by atoms with E-state index in [1.54, 1.807) is 6.92 Å². The van der Waals surface area contributed by atoms with Crippen molar-refractivity contribution in [1.29, 1.82) is 0 Å². The van der Waals surface area contributed by atoms with Crippen LogP contribution in [0.15, 0.2) is 82.7 Å². The fraction of sp³-hybridized carbons (Fsp3) is 0.148. The summed E-state index contributed by atoms with van der Waals surface area (Å²) in [5.41, 5.74) is 5.25. The minimum atomic E-state index is -0.506. The molecule has 0 saturated carbocycles. The van der Waals surface area contributed by atoms with Crippen molar-refractivity contribution in [3.63, 3.8) is 0 Å². The molecule has 36 heavy (non-hydrogen) atoms. The molecule has 1 heterocycles. The summed E-state index contributed by atoms with van der Waals surface area (Å²) < 4.78 is 17.4. The molecule has 0 saturated heterocycles. The van der Waals surface area contributed by atoms with Crippen LogP contribution in [0.3, 0.4) is 0 Å².